The van der Waals surface area contributed by atoms with Gasteiger partial charge in [-0.15, -0.1) is 0 Å². The molecule has 0 fully saturated rings. The summed E-state index contributed by atoms with van der Waals surface area (Å²) in [5.41, 5.74) is -2.98. The zero-order valence-corrected chi connectivity index (χ0v) is 39.7. The Morgan fingerprint density at radius 2 is 0.914 bits per heavy atom. The average Bonchev–Trinajstić information content (AvgIpc) is 3.28. The van der Waals surface area contributed by atoms with E-state index in [1.54, 1.807) is 13.8 Å². The largest absolute Gasteiger partial charge is 0.418 e. The molecule has 24 heteroatoms. The second-order valence-corrected chi connectivity index (χ2v) is 16.6. The number of nitrogens with zero attached hydrogens (tertiary/aromatic N) is 4. The van der Waals surface area contributed by atoms with Crippen LogP contribution in [0, 0.1) is 0 Å². The van der Waals surface area contributed by atoms with Crippen LogP contribution in [0.1, 0.15) is 70.7 Å². The van der Waals surface area contributed by atoms with Crippen LogP contribution < -0.4 is 21.3 Å². The molecule has 0 bridgehead atoms. The third kappa shape index (κ3) is 13.7. The van der Waals surface area contributed by atoms with Gasteiger partial charge in [0.1, 0.15) is 11.4 Å². The lowest BCUT2D eigenvalue weighted by Gasteiger charge is -2.19. The van der Waals surface area contributed by atoms with Crippen LogP contribution in [0.5, 0.6) is 0 Å². The number of carbonyl (C=O) groups excluding carboxylic acids is 6. The molecular formula is C46H36Cl4F6N8O6. The number of hydrogen-bond acceptors (Lipinski definition) is 10. The number of aryl methyl sites for hydroxylation is 2. The Morgan fingerprint density at radius 1 is 0.529 bits per heavy atom. The third-order valence-electron chi connectivity index (χ3n) is 9.90. The van der Waals surface area contributed by atoms with Crippen molar-refractivity contribution in [3.63, 3.8) is 0 Å². The second-order valence-electron chi connectivity index (χ2n) is 14.9. The minimum atomic E-state index is -4.85. The van der Waals surface area contributed by atoms with Crippen LogP contribution in [0.15, 0.2) is 105 Å². The maximum absolute atomic E-state index is 13.7. The van der Waals surface area contributed by atoms with Crippen molar-refractivity contribution in [1.29, 1.82) is 0 Å². The summed E-state index contributed by atoms with van der Waals surface area (Å²) in [5.74, 6) is -5.36. The fraction of sp³-hybridized carbons (Fsp3) is 0.217. The van der Waals surface area contributed by atoms with Gasteiger partial charge in [0.2, 0.25) is 12.1 Å². The van der Waals surface area contributed by atoms with Gasteiger partial charge in [-0.3, -0.25) is 28.8 Å². The maximum Gasteiger partial charge on any atom is 0.418 e. The highest BCUT2D eigenvalue weighted by molar-refractivity contribution is 6.34. The van der Waals surface area contributed by atoms with Crippen molar-refractivity contribution < 1.29 is 55.1 Å². The lowest BCUT2D eigenvalue weighted by atomic mass is 10.0. The zero-order valence-electron chi connectivity index (χ0n) is 36.7. The highest BCUT2D eigenvalue weighted by Gasteiger charge is 2.36. The molecule has 5 aromatic rings. The average molecular weight is 1050 g/mol. The quantitative estimate of drug-likeness (QED) is 0.0430. The molecule has 0 saturated carbocycles. The fourth-order valence-electron chi connectivity index (χ4n) is 6.41. The molecule has 2 atom stereocenters. The first-order chi connectivity index (χ1) is 32.8. The number of ketones is 2. The lowest BCUT2D eigenvalue weighted by Crippen LogP contribution is -2.33. The summed E-state index contributed by atoms with van der Waals surface area (Å²) in [4.78, 5) is 78.7. The van der Waals surface area contributed by atoms with Crippen LogP contribution in [0.2, 0.25) is 20.1 Å². The number of benzene rings is 5. The number of rotatable bonds is 16. The van der Waals surface area contributed by atoms with Crippen LogP contribution in [-0.4, -0.2) is 47.3 Å². The van der Waals surface area contributed by atoms with E-state index in [1.165, 1.54) is 36.4 Å². The zero-order chi connectivity index (χ0) is 51.8. The Balaban J connectivity index is 1.32. The molecule has 0 aliphatic heterocycles. The van der Waals surface area contributed by atoms with E-state index in [2.05, 4.69) is 41.7 Å². The predicted octanol–water partition coefficient (Wildman–Crippen LogP) is 13.3. The van der Waals surface area contributed by atoms with Crippen molar-refractivity contribution in [2.75, 3.05) is 21.3 Å². The van der Waals surface area contributed by atoms with Crippen LogP contribution in [0.3, 0.4) is 0 Å². The van der Waals surface area contributed by atoms with E-state index >= 15 is 0 Å². The molecule has 0 aliphatic carbocycles. The minimum Gasteiger partial charge on any atom is -0.324 e. The van der Waals surface area contributed by atoms with Gasteiger partial charge in [0.15, 0.2) is 11.6 Å². The van der Waals surface area contributed by atoms with Gasteiger partial charge >= 0.3 is 12.4 Å². The highest BCUT2D eigenvalue weighted by Crippen LogP contribution is 2.39. The SMILES string of the molecule is CCc1cc(NC(=O)C(N=Nc2cc(C(=O)Nc3ccc(Cl)cc3C(F)(F)F)ccc2Cl)C(C)=O)cc(CC)c1NC(=O)C(N=Nc1cc(C(=O)Nc2ccc(Cl)cc2C(F)(F)F)ccc1Cl)C(C)=O. The van der Waals surface area contributed by atoms with Crippen molar-refractivity contribution in [1.82, 2.24) is 0 Å². The number of halogens is 10. The molecular weight excluding hydrogens is 1020 g/mol. The van der Waals surface area contributed by atoms with Crippen LogP contribution in [0.4, 0.5) is 60.5 Å². The van der Waals surface area contributed by atoms with E-state index in [0.717, 1.165) is 50.2 Å². The molecule has 2 unspecified atom stereocenters. The number of anilines is 4. The first-order valence-corrected chi connectivity index (χ1v) is 21.9. The monoisotopic (exact) mass is 1050 g/mol. The van der Waals surface area contributed by atoms with Gasteiger partial charge < -0.3 is 21.3 Å². The fourth-order valence-corrected chi connectivity index (χ4v) is 7.06. The number of alkyl halides is 6. The van der Waals surface area contributed by atoms with Crippen LogP contribution >= 0.6 is 46.4 Å². The summed E-state index contributed by atoms with van der Waals surface area (Å²) >= 11 is 24.0. The molecule has 0 heterocycles. The molecule has 0 saturated heterocycles. The van der Waals surface area contributed by atoms with E-state index < -0.39 is 82.1 Å². The van der Waals surface area contributed by atoms with Gasteiger partial charge in [0.05, 0.1) is 32.5 Å². The molecule has 0 spiro atoms. The number of carbonyl (C=O) groups is 6. The highest BCUT2D eigenvalue weighted by atomic mass is 35.5. The standard InChI is InChI=1S/C46H36Cl4F6N8O6/c1-5-23-15-29(57-43(69)38(21(3)65)63-61-36-17-25(7-11-32(36)49)41(67)58-34-13-9-27(47)19-30(34)45(51,52)53)16-24(6-2)40(23)60-44(70)39(22(4)66)64-62-37-18-26(8-12-33(37)50)42(68)59-35-14-10-28(48)20-31(35)46(54,55)56/h7-20,38-39H,5-6H2,1-4H3,(H,57,69)(H,58,67)(H,59,68)(H,60,70). The summed E-state index contributed by atoms with van der Waals surface area (Å²) in [6, 6.07) is 12.1. The maximum atomic E-state index is 13.7. The Labute approximate surface area is 414 Å². The van der Waals surface area contributed by atoms with E-state index in [9.17, 15) is 55.1 Å². The van der Waals surface area contributed by atoms with E-state index in [1.807, 2.05) is 0 Å². The van der Waals surface area contributed by atoms with Gasteiger partial charge in [-0.25, -0.2) is 0 Å². The molecule has 4 amide bonds. The summed E-state index contributed by atoms with van der Waals surface area (Å²) in [6.45, 7) is 5.60. The number of nitrogens with one attached hydrogen (secondary N) is 4. The van der Waals surface area contributed by atoms with E-state index in [0.29, 0.717) is 23.3 Å². The van der Waals surface area contributed by atoms with E-state index in [4.69, 9.17) is 46.4 Å². The third-order valence-corrected chi connectivity index (χ3v) is 11.0. The van der Waals surface area contributed by atoms with Crippen molar-refractivity contribution in [3.8, 4) is 0 Å². The Bertz CT molecular complexity index is 2940. The van der Waals surface area contributed by atoms with Crippen molar-refractivity contribution in [2.24, 2.45) is 20.5 Å². The first kappa shape index (κ1) is 54.2. The summed E-state index contributed by atoms with van der Waals surface area (Å²) in [7, 11) is 0. The van der Waals surface area contributed by atoms with Crippen LogP contribution in [-0.2, 0) is 44.4 Å². The topological polar surface area (TPSA) is 200 Å². The summed E-state index contributed by atoms with van der Waals surface area (Å²) in [6.07, 6.45) is -9.17. The molecule has 5 aromatic carbocycles. The smallest absolute Gasteiger partial charge is 0.324 e. The van der Waals surface area contributed by atoms with Crippen LogP contribution in [0.25, 0.3) is 0 Å². The number of Topliss-reactive ketones (excluding diaryl/α,β-unsaturated/α-hetero) is 2. The molecule has 0 radical (unpaired) electrons. The van der Waals surface area contributed by atoms with Crippen molar-refractivity contribution in [2.45, 2.75) is 65.0 Å². The minimum absolute atomic E-state index is 0.0833. The predicted molar refractivity (Wildman–Crippen MR) is 252 cm³/mol. The van der Waals surface area contributed by atoms with Gasteiger partial charge in [-0.1, -0.05) is 60.3 Å². The Hall–Kier alpha value is -6.74. The summed E-state index contributed by atoms with van der Waals surface area (Å²) in [5, 5.41) is 24.6. The number of hydrogen-bond donors (Lipinski definition) is 4. The molecule has 0 aliphatic rings. The van der Waals surface area contributed by atoms with Gasteiger partial charge in [0, 0.05) is 32.5 Å². The molecule has 5 rings (SSSR count). The second kappa shape index (κ2) is 22.8. The number of amides is 4. The van der Waals surface area contributed by atoms with Crippen molar-refractivity contribution >= 4 is 116 Å². The molecule has 4 N–H and O–H groups in total. The van der Waals surface area contributed by atoms with Gasteiger partial charge in [0.25, 0.3) is 23.6 Å². The normalized spacial score (nSPS) is 12.7. The van der Waals surface area contributed by atoms with Gasteiger partial charge in [-0.2, -0.15) is 46.8 Å². The Morgan fingerprint density at radius 3 is 1.27 bits per heavy atom. The van der Waals surface area contributed by atoms with Gasteiger partial charge in [-0.05, 0) is 123 Å². The lowest BCUT2D eigenvalue weighted by molar-refractivity contribution is -0.137. The summed E-state index contributed by atoms with van der Waals surface area (Å²) < 4.78 is 81.8. The molecule has 0 aromatic heterocycles. The van der Waals surface area contributed by atoms with Crippen molar-refractivity contribution in [3.05, 3.63) is 138 Å². The Kier molecular flexibility index (Phi) is 17.6. The molecule has 70 heavy (non-hydrogen) atoms. The first-order valence-electron chi connectivity index (χ1n) is 20.4. The number of azo groups is 2. The molecule has 14 nitrogen and oxygen atoms in total. The van der Waals surface area contributed by atoms with E-state index in [-0.39, 0.29) is 66.8 Å². The molecule has 366 valence electrons.